The number of rotatable bonds is 6. The molecule has 0 N–H and O–H groups in total. The number of hydrogen-bond acceptors (Lipinski definition) is 5. The Labute approximate surface area is 148 Å². The number of nitrogens with zero attached hydrogens (tertiary/aromatic N) is 4. The van der Waals surface area contributed by atoms with Gasteiger partial charge in [0.25, 0.3) is 0 Å². The predicted octanol–water partition coefficient (Wildman–Crippen LogP) is 2.16. The molecule has 1 saturated carbocycles. The first-order chi connectivity index (χ1) is 12.1. The molecule has 2 aliphatic rings. The van der Waals surface area contributed by atoms with E-state index >= 15 is 0 Å². The van der Waals surface area contributed by atoms with Crippen molar-refractivity contribution >= 4 is 11.8 Å². The van der Waals surface area contributed by atoms with Crippen molar-refractivity contribution in [2.75, 3.05) is 13.1 Å². The number of likely N-dealkylation sites (tertiary alicyclic amines) is 1. The fraction of sp³-hybridized carbons (Fsp3) is 0.778. The highest BCUT2D eigenvalue weighted by Gasteiger charge is 2.36. The van der Waals surface area contributed by atoms with Gasteiger partial charge in [-0.05, 0) is 26.2 Å². The van der Waals surface area contributed by atoms with Crippen LogP contribution in [0.15, 0.2) is 4.42 Å². The van der Waals surface area contributed by atoms with Crippen LogP contribution in [0.2, 0.25) is 0 Å². The summed E-state index contributed by atoms with van der Waals surface area (Å²) < 4.78 is 5.54. The predicted molar refractivity (Wildman–Crippen MR) is 91.5 cm³/mol. The third kappa shape index (κ3) is 4.02. The minimum absolute atomic E-state index is 0.0919. The normalized spacial score (nSPS) is 21.8. The van der Waals surface area contributed by atoms with Gasteiger partial charge in [-0.2, -0.15) is 0 Å². The minimum atomic E-state index is -0.119. The average molecular weight is 348 g/mol. The van der Waals surface area contributed by atoms with E-state index in [1.807, 2.05) is 18.7 Å². The molecular weight excluding hydrogens is 320 g/mol. The molecule has 1 aromatic rings. The van der Waals surface area contributed by atoms with Gasteiger partial charge in [0.2, 0.25) is 23.6 Å². The summed E-state index contributed by atoms with van der Waals surface area (Å²) in [6.45, 7) is 5.41. The Balaban J connectivity index is 1.64. The number of piperidine rings is 1. The standard InChI is InChI=1S/C18H28N4O3/c1-3-15-19-20-16(25-15)12-21(4-2)18(24)13-9-10-17(23)22(11-13)14-7-5-6-8-14/h13-14H,3-12H2,1-2H3/t13-/m1/s1. The molecule has 1 aliphatic carbocycles. The van der Waals surface area contributed by atoms with Crippen molar-refractivity contribution < 1.29 is 14.0 Å². The van der Waals surface area contributed by atoms with E-state index in [4.69, 9.17) is 4.42 Å². The first-order valence-electron chi connectivity index (χ1n) is 9.51. The van der Waals surface area contributed by atoms with E-state index in [-0.39, 0.29) is 17.7 Å². The van der Waals surface area contributed by atoms with E-state index in [0.717, 1.165) is 12.8 Å². The molecule has 0 unspecified atom stereocenters. The van der Waals surface area contributed by atoms with E-state index in [1.165, 1.54) is 12.8 Å². The molecule has 0 bridgehead atoms. The minimum Gasteiger partial charge on any atom is -0.423 e. The second-order valence-electron chi connectivity index (χ2n) is 7.02. The molecule has 7 heteroatoms. The van der Waals surface area contributed by atoms with Gasteiger partial charge in [-0.25, -0.2) is 0 Å². The number of carbonyl (C=O) groups excluding carboxylic acids is 2. The molecule has 2 amide bonds. The summed E-state index contributed by atoms with van der Waals surface area (Å²) >= 11 is 0. The van der Waals surface area contributed by atoms with Crippen LogP contribution in [0.3, 0.4) is 0 Å². The fourth-order valence-corrected chi connectivity index (χ4v) is 3.90. The molecule has 7 nitrogen and oxygen atoms in total. The first-order valence-corrected chi connectivity index (χ1v) is 9.51. The molecule has 1 aromatic heterocycles. The first kappa shape index (κ1) is 17.9. The number of aryl methyl sites for hydroxylation is 1. The summed E-state index contributed by atoms with van der Waals surface area (Å²) in [5, 5.41) is 7.98. The van der Waals surface area contributed by atoms with Gasteiger partial charge in [-0.1, -0.05) is 19.8 Å². The van der Waals surface area contributed by atoms with Crippen LogP contribution in [0.5, 0.6) is 0 Å². The highest BCUT2D eigenvalue weighted by atomic mass is 16.4. The third-order valence-corrected chi connectivity index (χ3v) is 5.39. The van der Waals surface area contributed by atoms with Crippen molar-refractivity contribution in [3.05, 3.63) is 11.8 Å². The van der Waals surface area contributed by atoms with Crippen LogP contribution in [0.4, 0.5) is 0 Å². The van der Waals surface area contributed by atoms with Crippen molar-refractivity contribution in [1.29, 1.82) is 0 Å². The monoisotopic (exact) mass is 348 g/mol. The van der Waals surface area contributed by atoms with Gasteiger partial charge in [0.15, 0.2) is 0 Å². The smallest absolute Gasteiger partial charge is 0.235 e. The lowest BCUT2D eigenvalue weighted by atomic mass is 9.94. The number of carbonyl (C=O) groups is 2. The van der Waals surface area contributed by atoms with Gasteiger partial charge in [0, 0.05) is 32.0 Å². The second-order valence-corrected chi connectivity index (χ2v) is 7.02. The molecule has 1 aliphatic heterocycles. The Hall–Kier alpha value is -1.92. The molecule has 1 saturated heterocycles. The maximum atomic E-state index is 13.0. The Morgan fingerprint density at radius 3 is 2.56 bits per heavy atom. The Bertz CT molecular complexity index is 609. The van der Waals surface area contributed by atoms with Crippen LogP contribution in [0.25, 0.3) is 0 Å². The van der Waals surface area contributed by atoms with Crippen molar-refractivity contribution in [2.24, 2.45) is 5.92 Å². The highest BCUT2D eigenvalue weighted by Crippen LogP contribution is 2.29. The molecule has 3 rings (SSSR count). The number of amides is 2. The van der Waals surface area contributed by atoms with Crippen LogP contribution in [0, 0.1) is 5.92 Å². The zero-order valence-corrected chi connectivity index (χ0v) is 15.2. The average Bonchev–Trinajstić information content (AvgIpc) is 3.31. The summed E-state index contributed by atoms with van der Waals surface area (Å²) in [5.41, 5.74) is 0. The topological polar surface area (TPSA) is 79.5 Å². The zero-order chi connectivity index (χ0) is 17.8. The Morgan fingerprint density at radius 1 is 1.20 bits per heavy atom. The van der Waals surface area contributed by atoms with Gasteiger partial charge in [-0.15, -0.1) is 10.2 Å². The van der Waals surface area contributed by atoms with Crippen LogP contribution in [-0.4, -0.2) is 50.9 Å². The molecular formula is C18H28N4O3. The van der Waals surface area contributed by atoms with E-state index in [2.05, 4.69) is 10.2 Å². The molecule has 25 heavy (non-hydrogen) atoms. The molecule has 0 radical (unpaired) electrons. The van der Waals surface area contributed by atoms with Crippen molar-refractivity contribution in [3.8, 4) is 0 Å². The van der Waals surface area contributed by atoms with Gasteiger partial charge < -0.3 is 14.2 Å². The maximum absolute atomic E-state index is 13.0. The van der Waals surface area contributed by atoms with Crippen LogP contribution >= 0.6 is 0 Å². The SMILES string of the molecule is CCc1nnc(CN(CC)C(=O)[C@@H]2CCC(=O)N(C3CCCC3)C2)o1. The highest BCUT2D eigenvalue weighted by molar-refractivity contribution is 5.84. The quantitative estimate of drug-likeness (QED) is 0.787. The van der Waals surface area contributed by atoms with Gasteiger partial charge in [0.05, 0.1) is 12.5 Å². The molecule has 0 aromatic carbocycles. The summed E-state index contributed by atoms with van der Waals surface area (Å²) in [4.78, 5) is 29.0. The lowest BCUT2D eigenvalue weighted by Crippen LogP contribution is -2.50. The summed E-state index contributed by atoms with van der Waals surface area (Å²) in [7, 11) is 0. The lowest BCUT2D eigenvalue weighted by molar-refractivity contribution is -0.145. The number of aromatic nitrogens is 2. The summed E-state index contributed by atoms with van der Waals surface area (Å²) in [6, 6.07) is 0.334. The van der Waals surface area contributed by atoms with Crippen molar-refractivity contribution in [2.45, 2.75) is 71.4 Å². The van der Waals surface area contributed by atoms with E-state index in [9.17, 15) is 9.59 Å². The van der Waals surface area contributed by atoms with Crippen molar-refractivity contribution in [3.63, 3.8) is 0 Å². The second kappa shape index (κ2) is 7.97. The van der Waals surface area contributed by atoms with Crippen LogP contribution in [0.1, 0.15) is 64.2 Å². The maximum Gasteiger partial charge on any atom is 0.235 e. The van der Waals surface area contributed by atoms with E-state index in [0.29, 0.717) is 56.7 Å². The third-order valence-electron chi connectivity index (χ3n) is 5.39. The van der Waals surface area contributed by atoms with E-state index in [1.54, 1.807) is 4.90 Å². The van der Waals surface area contributed by atoms with Gasteiger partial charge >= 0.3 is 0 Å². The lowest BCUT2D eigenvalue weighted by Gasteiger charge is -2.37. The van der Waals surface area contributed by atoms with Crippen molar-refractivity contribution in [1.82, 2.24) is 20.0 Å². The Kier molecular flexibility index (Phi) is 5.71. The largest absolute Gasteiger partial charge is 0.423 e. The Morgan fingerprint density at radius 2 is 1.92 bits per heavy atom. The molecule has 1 atom stereocenters. The summed E-state index contributed by atoms with van der Waals surface area (Å²) in [6.07, 6.45) is 6.33. The number of hydrogen-bond donors (Lipinski definition) is 0. The molecule has 2 fully saturated rings. The van der Waals surface area contributed by atoms with Gasteiger partial charge in [0.1, 0.15) is 0 Å². The van der Waals surface area contributed by atoms with Gasteiger partial charge in [-0.3, -0.25) is 9.59 Å². The molecule has 0 spiro atoms. The molecule has 138 valence electrons. The fourth-order valence-electron chi connectivity index (χ4n) is 3.90. The van der Waals surface area contributed by atoms with Crippen LogP contribution in [-0.2, 0) is 22.6 Å². The zero-order valence-electron chi connectivity index (χ0n) is 15.2. The molecule has 2 heterocycles. The van der Waals surface area contributed by atoms with Crippen LogP contribution < -0.4 is 0 Å². The van der Waals surface area contributed by atoms with E-state index < -0.39 is 0 Å². The summed E-state index contributed by atoms with van der Waals surface area (Å²) in [5.74, 6) is 1.25.